The molecule has 0 saturated carbocycles. The lowest BCUT2D eigenvalue weighted by molar-refractivity contribution is -0.156. The van der Waals surface area contributed by atoms with Crippen LogP contribution in [0.4, 0.5) is 10.1 Å². The number of halogens is 3. The fourth-order valence-electron chi connectivity index (χ4n) is 6.28. The first-order chi connectivity index (χ1) is 19.5. The Bertz CT molecular complexity index is 1580. The maximum atomic E-state index is 14.7. The molecule has 2 aliphatic rings. The van der Waals surface area contributed by atoms with E-state index in [2.05, 4.69) is 26.6 Å². The molecule has 5 rings (SSSR count). The third-order valence-corrected chi connectivity index (χ3v) is 9.22. The Kier molecular flexibility index (Phi) is 8.77. The number of anilines is 1. The average Bonchev–Trinajstić information content (AvgIpc) is 3.21. The minimum Gasteiger partial charge on any atom is -0.478 e. The summed E-state index contributed by atoms with van der Waals surface area (Å²) in [5, 5.41) is 16.4. The van der Waals surface area contributed by atoms with Gasteiger partial charge in [-0.05, 0) is 78.9 Å². The number of carboxylic acids is 1. The van der Waals surface area contributed by atoms with Crippen LogP contribution in [-0.2, 0) is 19.8 Å². The van der Waals surface area contributed by atoms with Gasteiger partial charge in [0.25, 0.3) is 0 Å². The van der Waals surface area contributed by atoms with Gasteiger partial charge in [-0.3, -0.25) is 9.59 Å². The van der Waals surface area contributed by atoms with E-state index in [0.717, 1.165) is 4.47 Å². The van der Waals surface area contributed by atoms with Gasteiger partial charge >= 0.3 is 5.97 Å². The Balaban J connectivity index is 0.00000405. The number of carboxylic acid groups (broad SMARTS) is 1. The number of piperidine rings is 1. The van der Waals surface area contributed by atoms with Gasteiger partial charge in [0, 0.05) is 33.1 Å². The molecule has 0 bridgehead atoms. The lowest BCUT2D eigenvalue weighted by Gasteiger charge is -2.47. The van der Waals surface area contributed by atoms with Crippen LogP contribution in [0, 0.1) is 12.7 Å². The molecule has 7 nitrogen and oxygen atoms in total. The lowest BCUT2D eigenvalue weighted by atomic mass is 9.59. The molecule has 0 aliphatic carbocycles. The summed E-state index contributed by atoms with van der Waals surface area (Å²) in [5.74, 6) is -3.00. The van der Waals surface area contributed by atoms with Crippen molar-refractivity contribution in [2.75, 3.05) is 5.32 Å². The van der Waals surface area contributed by atoms with Crippen LogP contribution in [-0.4, -0.2) is 28.5 Å². The molecule has 2 aliphatic heterocycles. The molecule has 0 aromatic heterocycles. The number of hydrogen-bond donors (Lipinski definition) is 3. The maximum absolute atomic E-state index is 14.7. The van der Waals surface area contributed by atoms with Gasteiger partial charge in [-0.1, -0.05) is 60.9 Å². The summed E-state index contributed by atoms with van der Waals surface area (Å²) >= 11 is 9.97. The summed E-state index contributed by atoms with van der Waals surface area (Å²) < 4.78 is 21.7. The SMILES string of the molecule is C.CCC(CC)(Oc1ccc(Cl)cc1[C@H]1CC(=O)N[C@@H](c2cc(F)ccc2C)[C@]12C(=O)Nc1cc(Br)ccc12)C(=O)O. The molecule has 1 spiro atoms. The molecular formula is C32H33BrClFN2O5. The van der Waals surface area contributed by atoms with Gasteiger partial charge in [-0.25, -0.2) is 9.18 Å². The summed E-state index contributed by atoms with van der Waals surface area (Å²) in [5.41, 5.74) is -0.242. The highest BCUT2D eigenvalue weighted by Gasteiger charge is 2.62. The second-order valence-electron chi connectivity index (χ2n) is 10.6. The van der Waals surface area contributed by atoms with Crippen molar-refractivity contribution < 1.29 is 28.6 Å². The van der Waals surface area contributed by atoms with E-state index in [1.54, 1.807) is 51.1 Å². The first-order valence-electron chi connectivity index (χ1n) is 13.4. The lowest BCUT2D eigenvalue weighted by Crippen LogP contribution is -2.57. The molecule has 3 N–H and O–H groups in total. The normalized spacial score (nSPS) is 21.3. The number of amides is 2. The van der Waals surface area contributed by atoms with Crippen LogP contribution >= 0.6 is 27.5 Å². The summed E-state index contributed by atoms with van der Waals surface area (Å²) in [4.78, 5) is 40.2. The highest BCUT2D eigenvalue weighted by Crippen LogP contribution is 2.59. The minimum atomic E-state index is -1.54. The molecular weight excluding hydrogens is 627 g/mol. The second-order valence-corrected chi connectivity index (χ2v) is 11.9. The van der Waals surface area contributed by atoms with Crippen molar-refractivity contribution in [1.82, 2.24) is 5.32 Å². The van der Waals surface area contributed by atoms with Crippen molar-refractivity contribution in [2.24, 2.45) is 0 Å². The third-order valence-electron chi connectivity index (χ3n) is 8.49. The van der Waals surface area contributed by atoms with E-state index in [0.29, 0.717) is 33.0 Å². The van der Waals surface area contributed by atoms with Crippen LogP contribution in [0.2, 0.25) is 5.02 Å². The zero-order chi connectivity index (χ0) is 29.7. The summed E-state index contributed by atoms with van der Waals surface area (Å²) in [6, 6.07) is 13.5. The van der Waals surface area contributed by atoms with Gasteiger partial charge < -0.3 is 20.5 Å². The Morgan fingerprint density at radius 3 is 2.50 bits per heavy atom. The van der Waals surface area contributed by atoms with Crippen molar-refractivity contribution in [1.29, 1.82) is 0 Å². The number of aliphatic carboxylic acids is 1. The third kappa shape index (κ3) is 4.96. The monoisotopic (exact) mass is 658 g/mol. The number of carbonyl (C=O) groups is 3. The van der Waals surface area contributed by atoms with Crippen molar-refractivity contribution in [2.45, 2.75) is 70.4 Å². The molecule has 0 unspecified atom stereocenters. The van der Waals surface area contributed by atoms with Crippen molar-refractivity contribution in [3.63, 3.8) is 0 Å². The zero-order valence-corrected chi connectivity index (χ0v) is 25.0. The summed E-state index contributed by atoms with van der Waals surface area (Å²) in [6.07, 6.45) is 0.238. The molecule has 222 valence electrons. The van der Waals surface area contributed by atoms with Gasteiger partial charge in [-0.2, -0.15) is 0 Å². The predicted octanol–water partition coefficient (Wildman–Crippen LogP) is 7.44. The van der Waals surface area contributed by atoms with E-state index in [9.17, 15) is 23.9 Å². The summed E-state index contributed by atoms with van der Waals surface area (Å²) in [6.45, 7) is 5.25. The van der Waals surface area contributed by atoms with Gasteiger partial charge in [0.05, 0.1) is 6.04 Å². The fraction of sp³-hybridized carbons (Fsp3) is 0.344. The van der Waals surface area contributed by atoms with Crippen LogP contribution in [0.3, 0.4) is 0 Å². The average molecular weight is 660 g/mol. The Morgan fingerprint density at radius 1 is 1.12 bits per heavy atom. The van der Waals surface area contributed by atoms with Crippen LogP contribution in [0.15, 0.2) is 59.1 Å². The highest BCUT2D eigenvalue weighted by molar-refractivity contribution is 9.10. The summed E-state index contributed by atoms with van der Waals surface area (Å²) in [7, 11) is 0. The topological polar surface area (TPSA) is 105 Å². The van der Waals surface area contributed by atoms with Gasteiger partial charge in [0.1, 0.15) is 17.0 Å². The van der Waals surface area contributed by atoms with Crippen molar-refractivity contribution in [3.05, 3.63) is 92.2 Å². The molecule has 42 heavy (non-hydrogen) atoms. The molecule has 2 heterocycles. The molecule has 3 aromatic rings. The predicted molar refractivity (Wildman–Crippen MR) is 164 cm³/mol. The Morgan fingerprint density at radius 2 is 1.83 bits per heavy atom. The van der Waals surface area contributed by atoms with E-state index >= 15 is 0 Å². The van der Waals surface area contributed by atoms with E-state index in [1.165, 1.54) is 12.1 Å². The minimum absolute atomic E-state index is 0. The molecule has 3 atom stereocenters. The van der Waals surface area contributed by atoms with Gasteiger partial charge in [-0.15, -0.1) is 0 Å². The number of carbonyl (C=O) groups excluding carboxylic acids is 2. The highest BCUT2D eigenvalue weighted by atomic mass is 79.9. The van der Waals surface area contributed by atoms with Crippen LogP contribution < -0.4 is 15.4 Å². The fourth-order valence-corrected chi connectivity index (χ4v) is 6.82. The number of nitrogens with one attached hydrogen (secondary N) is 2. The van der Waals surface area contributed by atoms with Gasteiger partial charge in [0.2, 0.25) is 17.4 Å². The number of rotatable bonds is 7. The number of hydrogen-bond acceptors (Lipinski definition) is 4. The largest absolute Gasteiger partial charge is 0.478 e. The van der Waals surface area contributed by atoms with Gasteiger partial charge in [0.15, 0.2) is 0 Å². The standard InChI is InChI=1S/C31H29BrClFN2O5.CH4/c1-4-30(5-2,29(39)40)41-25-11-8-18(33)13-21(25)23-15-26(37)36-27(20-14-19(34)9-6-16(20)3)31(23)22-10-7-17(32)12-24(22)35-28(31)38;/h6-14,23,27H,4-5,15H2,1-3H3,(H,35,38)(H,36,37)(H,39,40);1H4/t23-,27+,31-;/m1./s1. The van der Waals surface area contributed by atoms with E-state index < -0.39 is 34.8 Å². The van der Waals surface area contributed by atoms with Crippen LogP contribution in [0.5, 0.6) is 5.75 Å². The first-order valence-corrected chi connectivity index (χ1v) is 14.5. The molecule has 10 heteroatoms. The smallest absolute Gasteiger partial charge is 0.348 e. The van der Waals surface area contributed by atoms with E-state index in [-0.39, 0.29) is 44.3 Å². The Labute approximate surface area is 257 Å². The quantitative estimate of drug-likeness (QED) is 0.245. The van der Waals surface area contributed by atoms with Crippen LogP contribution in [0.1, 0.15) is 74.8 Å². The molecule has 0 radical (unpaired) electrons. The number of fused-ring (bicyclic) bond motifs is 2. The van der Waals surface area contributed by atoms with E-state index in [1.807, 2.05) is 12.1 Å². The van der Waals surface area contributed by atoms with E-state index in [4.69, 9.17) is 16.3 Å². The first kappa shape index (κ1) is 31.5. The number of ether oxygens (including phenoxy) is 1. The van der Waals surface area contributed by atoms with Crippen molar-refractivity contribution in [3.8, 4) is 5.75 Å². The molecule has 1 fully saturated rings. The van der Waals surface area contributed by atoms with Crippen LogP contribution in [0.25, 0.3) is 0 Å². The molecule has 3 aromatic carbocycles. The second kappa shape index (κ2) is 11.7. The molecule has 1 saturated heterocycles. The Hall–Kier alpha value is -3.43. The van der Waals surface area contributed by atoms with Crippen molar-refractivity contribution >= 4 is 51.0 Å². The zero-order valence-electron chi connectivity index (χ0n) is 22.7. The molecule has 2 amide bonds. The number of aryl methyl sites for hydroxylation is 1. The maximum Gasteiger partial charge on any atom is 0.348 e. The number of benzene rings is 3.